The fraction of sp³-hybridized carbons (Fsp3) is 0.722. The number of hydrogen-bond donors (Lipinski definition) is 2. The average molecular weight is 322 g/mol. The summed E-state index contributed by atoms with van der Waals surface area (Å²) in [4.78, 5) is 14.8. The molecule has 1 aromatic rings. The Kier molecular flexibility index (Phi) is 6.25. The molecule has 0 saturated heterocycles. The van der Waals surface area contributed by atoms with Gasteiger partial charge >= 0.3 is 0 Å². The fourth-order valence-electron chi connectivity index (χ4n) is 3.27. The first-order valence-corrected chi connectivity index (χ1v) is 8.78. The van der Waals surface area contributed by atoms with Crippen LogP contribution in [0.25, 0.3) is 0 Å². The highest BCUT2D eigenvalue weighted by Crippen LogP contribution is 2.31. The number of carbonyl (C=O) groups excluding carboxylic acids is 1. The molecule has 0 bridgehead atoms. The number of hydrogen-bond acceptors (Lipinski definition) is 4. The predicted molar refractivity (Wildman–Crippen MR) is 90.3 cm³/mol. The molecule has 0 aliphatic heterocycles. The molecule has 0 aromatic carbocycles. The molecule has 2 rings (SSSR count). The maximum Gasteiger partial charge on any atom is 0.255 e. The van der Waals surface area contributed by atoms with Crippen molar-refractivity contribution in [2.75, 3.05) is 13.1 Å². The number of aliphatic hydroxyl groups is 1. The van der Waals surface area contributed by atoms with Gasteiger partial charge in [0, 0.05) is 6.04 Å². The van der Waals surface area contributed by atoms with E-state index in [0.29, 0.717) is 17.2 Å². The van der Waals surface area contributed by atoms with Gasteiger partial charge in [-0.05, 0) is 51.3 Å². The van der Waals surface area contributed by atoms with E-state index in [4.69, 9.17) is 4.42 Å². The lowest BCUT2D eigenvalue weighted by atomic mass is 9.76. The van der Waals surface area contributed by atoms with Crippen LogP contribution in [0.15, 0.2) is 10.5 Å². The van der Waals surface area contributed by atoms with Crippen molar-refractivity contribution in [1.82, 2.24) is 10.2 Å². The van der Waals surface area contributed by atoms with Crippen LogP contribution in [0.2, 0.25) is 0 Å². The third-order valence-corrected chi connectivity index (χ3v) is 4.96. The second kappa shape index (κ2) is 7.97. The molecule has 1 aliphatic carbocycles. The minimum atomic E-state index is -0.192. The van der Waals surface area contributed by atoms with Gasteiger partial charge in [-0.25, -0.2) is 0 Å². The average Bonchev–Trinajstić information content (AvgIpc) is 2.88. The molecule has 1 fully saturated rings. The van der Waals surface area contributed by atoms with Gasteiger partial charge in [-0.2, -0.15) is 0 Å². The molecule has 1 aliphatic rings. The van der Waals surface area contributed by atoms with Gasteiger partial charge in [0.15, 0.2) is 0 Å². The van der Waals surface area contributed by atoms with E-state index in [-0.39, 0.29) is 18.1 Å². The van der Waals surface area contributed by atoms with Gasteiger partial charge in [0.05, 0.1) is 18.2 Å². The molecule has 1 saturated carbocycles. The highest BCUT2D eigenvalue weighted by Gasteiger charge is 2.34. The lowest BCUT2D eigenvalue weighted by molar-refractivity contribution is 0.0232. The van der Waals surface area contributed by atoms with Crippen LogP contribution >= 0.6 is 0 Å². The van der Waals surface area contributed by atoms with Crippen molar-refractivity contribution < 1.29 is 14.3 Å². The number of aliphatic hydroxyl groups excluding tert-OH is 1. The second-order valence-corrected chi connectivity index (χ2v) is 6.52. The normalized spacial score (nSPS) is 22.0. The van der Waals surface area contributed by atoms with E-state index in [1.54, 1.807) is 0 Å². The Morgan fingerprint density at radius 2 is 2.04 bits per heavy atom. The van der Waals surface area contributed by atoms with E-state index in [1.165, 1.54) is 0 Å². The van der Waals surface area contributed by atoms with E-state index in [1.807, 2.05) is 13.0 Å². The quantitative estimate of drug-likeness (QED) is 0.772. The number of rotatable bonds is 8. The number of nitrogens with zero attached hydrogens (tertiary/aromatic N) is 1. The van der Waals surface area contributed by atoms with E-state index < -0.39 is 0 Å². The number of aryl methyl sites for hydroxylation is 1. The summed E-state index contributed by atoms with van der Waals surface area (Å²) in [5.41, 5.74) is 0.630. The van der Waals surface area contributed by atoms with Gasteiger partial charge in [-0.1, -0.05) is 20.8 Å². The smallest absolute Gasteiger partial charge is 0.255 e. The Morgan fingerprint density at radius 1 is 1.39 bits per heavy atom. The molecule has 23 heavy (non-hydrogen) atoms. The van der Waals surface area contributed by atoms with E-state index in [2.05, 4.69) is 31.0 Å². The third-order valence-electron chi connectivity index (χ3n) is 4.96. The molecule has 0 spiro atoms. The zero-order valence-corrected chi connectivity index (χ0v) is 14.8. The summed E-state index contributed by atoms with van der Waals surface area (Å²) in [6.07, 6.45) is 2.27. The van der Waals surface area contributed by atoms with Gasteiger partial charge < -0.3 is 14.8 Å². The first kappa shape index (κ1) is 18.0. The summed E-state index contributed by atoms with van der Waals surface area (Å²) in [5.74, 6) is 1.84. The van der Waals surface area contributed by atoms with Crippen molar-refractivity contribution in [3.8, 4) is 0 Å². The summed E-state index contributed by atoms with van der Waals surface area (Å²) in [5, 5.41) is 12.6. The zero-order valence-electron chi connectivity index (χ0n) is 14.8. The third kappa shape index (κ3) is 4.36. The number of carbonyl (C=O) groups is 1. The Hall–Kier alpha value is -1.33. The van der Waals surface area contributed by atoms with Crippen LogP contribution < -0.4 is 5.32 Å². The first-order chi connectivity index (χ1) is 11.0. The molecule has 1 aromatic heterocycles. The van der Waals surface area contributed by atoms with Crippen LogP contribution in [0.5, 0.6) is 0 Å². The SMILES string of the molecule is CC[C@H](NC(=O)c1cc(CN(CC)CC)oc1C)C1CC(O)C1. The van der Waals surface area contributed by atoms with Crippen molar-refractivity contribution >= 4 is 5.91 Å². The Bertz CT molecular complexity index is 516. The lowest BCUT2D eigenvalue weighted by Gasteiger charge is -2.37. The standard InChI is InChI=1S/C18H30N2O3/c1-5-17(13-8-14(21)9-13)19-18(22)16-10-15(23-12(16)4)11-20(6-2)7-3/h10,13-14,17,21H,5-9,11H2,1-4H3,(H,19,22)/t13?,14?,17-/m0/s1. The summed E-state index contributed by atoms with van der Waals surface area (Å²) >= 11 is 0. The molecule has 0 unspecified atom stereocenters. The Morgan fingerprint density at radius 3 is 2.57 bits per heavy atom. The number of furan rings is 1. The maximum atomic E-state index is 12.6. The molecule has 130 valence electrons. The summed E-state index contributed by atoms with van der Waals surface area (Å²) in [6, 6.07) is 2.00. The van der Waals surface area contributed by atoms with Gasteiger partial charge in [0.1, 0.15) is 11.5 Å². The summed E-state index contributed by atoms with van der Waals surface area (Å²) in [7, 11) is 0. The minimum Gasteiger partial charge on any atom is -0.464 e. The topological polar surface area (TPSA) is 65.7 Å². The Balaban J connectivity index is 2.00. The van der Waals surface area contributed by atoms with Crippen molar-refractivity contribution in [3.05, 3.63) is 23.2 Å². The maximum absolute atomic E-state index is 12.6. The molecule has 5 nitrogen and oxygen atoms in total. The molecule has 1 amide bonds. The summed E-state index contributed by atoms with van der Waals surface area (Å²) in [6.45, 7) is 10.8. The Labute approximate surface area is 139 Å². The van der Waals surface area contributed by atoms with Crippen molar-refractivity contribution in [2.45, 2.75) is 65.6 Å². The van der Waals surface area contributed by atoms with Gasteiger partial charge in [-0.15, -0.1) is 0 Å². The molecule has 2 N–H and O–H groups in total. The van der Waals surface area contributed by atoms with E-state index in [9.17, 15) is 9.90 Å². The van der Waals surface area contributed by atoms with Crippen molar-refractivity contribution in [2.24, 2.45) is 5.92 Å². The van der Waals surface area contributed by atoms with E-state index in [0.717, 1.165) is 44.7 Å². The highest BCUT2D eigenvalue weighted by molar-refractivity contribution is 5.95. The lowest BCUT2D eigenvalue weighted by Crippen LogP contribution is -2.46. The van der Waals surface area contributed by atoms with Crippen LogP contribution in [0, 0.1) is 12.8 Å². The van der Waals surface area contributed by atoms with Crippen molar-refractivity contribution in [1.29, 1.82) is 0 Å². The van der Waals surface area contributed by atoms with Gasteiger partial charge in [0.2, 0.25) is 0 Å². The van der Waals surface area contributed by atoms with Crippen molar-refractivity contribution in [3.63, 3.8) is 0 Å². The minimum absolute atomic E-state index is 0.0645. The highest BCUT2D eigenvalue weighted by atomic mass is 16.3. The van der Waals surface area contributed by atoms with Crippen LogP contribution in [0.1, 0.15) is 61.9 Å². The second-order valence-electron chi connectivity index (χ2n) is 6.52. The molecule has 0 radical (unpaired) electrons. The van der Waals surface area contributed by atoms with E-state index >= 15 is 0 Å². The molecule has 5 heteroatoms. The zero-order chi connectivity index (χ0) is 17.0. The van der Waals surface area contributed by atoms with Crippen LogP contribution in [-0.2, 0) is 6.54 Å². The van der Waals surface area contributed by atoms with Gasteiger partial charge in [0.25, 0.3) is 5.91 Å². The van der Waals surface area contributed by atoms with Crippen LogP contribution in [0.4, 0.5) is 0 Å². The van der Waals surface area contributed by atoms with Crippen LogP contribution in [-0.4, -0.2) is 41.1 Å². The monoisotopic (exact) mass is 322 g/mol. The van der Waals surface area contributed by atoms with Crippen LogP contribution in [0.3, 0.4) is 0 Å². The first-order valence-electron chi connectivity index (χ1n) is 8.78. The van der Waals surface area contributed by atoms with Gasteiger partial charge in [-0.3, -0.25) is 9.69 Å². The predicted octanol–water partition coefficient (Wildman–Crippen LogP) is 2.71. The number of nitrogens with one attached hydrogen (secondary N) is 1. The summed E-state index contributed by atoms with van der Waals surface area (Å²) < 4.78 is 5.76. The largest absolute Gasteiger partial charge is 0.464 e. The number of amides is 1. The molecule has 1 heterocycles. The fourth-order valence-corrected chi connectivity index (χ4v) is 3.27. The molecule has 1 atom stereocenters. The molecular weight excluding hydrogens is 292 g/mol. The molecular formula is C18H30N2O3.